The Balaban J connectivity index is 1.52. The quantitative estimate of drug-likeness (QED) is 0.751. The van der Waals surface area contributed by atoms with Gasteiger partial charge in [-0.3, -0.25) is 9.78 Å². The van der Waals surface area contributed by atoms with Crippen molar-refractivity contribution < 1.29 is 13.6 Å². The third-order valence-corrected chi connectivity index (χ3v) is 3.59. The molecule has 0 aliphatic carbocycles. The molecule has 0 saturated carbocycles. The molecule has 5 heteroatoms. The Hall–Kier alpha value is -2.95. The van der Waals surface area contributed by atoms with E-state index in [1.165, 1.54) is 6.07 Å². The lowest BCUT2D eigenvalue weighted by molar-refractivity contribution is -0.121. The van der Waals surface area contributed by atoms with E-state index in [2.05, 4.69) is 10.3 Å². The molecule has 0 spiro atoms. The molecule has 1 aromatic carbocycles. The van der Waals surface area contributed by atoms with Crippen LogP contribution in [0, 0.1) is 5.82 Å². The molecule has 3 rings (SSSR count). The zero-order chi connectivity index (χ0) is 16.8. The van der Waals surface area contributed by atoms with Gasteiger partial charge in [0.25, 0.3) is 0 Å². The predicted octanol–water partition coefficient (Wildman–Crippen LogP) is 3.73. The normalized spacial score (nSPS) is 10.5. The van der Waals surface area contributed by atoms with Crippen LogP contribution < -0.4 is 5.32 Å². The number of amides is 1. The summed E-state index contributed by atoms with van der Waals surface area (Å²) in [4.78, 5) is 16.0. The topological polar surface area (TPSA) is 55.1 Å². The van der Waals surface area contributed by atoms with Crippen LogP contribution in [-0.4, -0.2) is 10.9 Å². The lowest BCUT2D eigenvalue weighted by atomic mass is 10.1. The standard InChI is InChI=1S/C19H17FN2O2/c20-17-7-2-1-6-16(17)18-10-8-15(24-18)9-11-19(23)22-13-14-5-3-4-12-21-14/h1-8,10,12H,9,11,13H2,(H,22,23). The van der Waals surface area contributed by atoms with Crippen LogP contribution in [0.2, 0.25) is 0 Å². The molecule has 0 aliphatic rings. The predicted molar refractivity (Wildman–Crippen MR) is 88.5 cm³/mol. The van der Waals surface area contributed by atoms with E-state index in [4.69, 9.17) is 4.42 Å². The Bertz CT molecular complexity index is 815. The van der Waals surface area contributed by atoms with E-state index in [1.54, 1.807) is 36.5 Å². The molecule has 0 bridgehead atoms. The summed E-state index contributed by atoms with van der Waals surface area (Å²) >= 11 is 0. The first-order valence-electron chi connectivity index (χ1n) is 7.72. The average molecular weight is 324 g/mol. The third-order valence-electron chi connectivity index (χ3n) is 3.59. The van der Waals surface area contributed by atoms with Crippen molar-refractivity contribution in [1.29, 1.82) is 0 Å². The fourth-order valence-corrected chi connectivity index (χ4v) is 2.34. The zero-order valence-corrected chi connectivity index (χ0v) is 13.0. The molecule has 4 nitrogen and oxygen atoms in total. The molecule has 2 heterocycles. The van der Waals surface area contributed by atoms with Crippen LogP contribution in [-0.2, 0) is 17.8 Å². The second-order valence-corrected chi connectivity index (χ2v) is 5.34. The van der Waals surface area contributed by atoms with Gasteiger partial charge in [-0.05, 0) is 36.4 Å². The van der Waals surface area contributed by atoms with Gasteiger partial charge in [0, 0.05) is 19.0 Å². The first-order chi connectivity index (χ1) is 11.7. The third kappa shape index (κ3) is 4.07. The largest absolute Gasteiger partial charge is 0.461 e. The number of hydrogen-bond acceptors (Lipinski definition) is 3. The molecule has 1 N–H and O–H groups in total. The Kier molecular flexibility index (Phi) is 5.01. The van der Waals surface area contributed by atoms with Crippen LogP contribution in [0.25, 0.3) is 11.3 Å². The van der Waals surface area contributed by atoms with Crippen molar-refractivity contribution in [2.45, 2.75) is 19.4 Å². The highest BCUT2D eigenvalue weighted by molar-refractivity contribution is 5.76. The number of halogens is 1. The van der Waals surface area contributed by atoms with E-state index in [1.807, 2.05) is 18.2 Å². The second-order valence-electron chi connectivity index (χ2n) is 5.34. The number of carbonyl (C=O) groups excluding carboxylic acids is 1. The maximum Gasteiger partial charge on any atom is 0.220 e. The van der Waals surface area contributed by atoms with Gasteiger partial charge < -0.3 is 9.73 Å². The van der Waals surface area contributed by atoms with Crippen molar-refractivity contribution in [2.24, 2.45) is 0 Å². The van der Waals surface area contributed by atoms with Gasteiger partial charge in [-0.1, -0.05) is 18.2 Å². The summed E-state index contributed by atoms with van der Waals surface area (Å²) in [6, 6.07) is 15.5. The van der Waals surface area contributed by atoms with Crippen LogP contribution >= 0.6 is 0 Å². The molecule has 2 aromatic heterocycles. The molecule has 0 fully saturated rings. The van der Waals surface area contributed by atoms with E-state index in [0.717, 1.165) is 5.69 Å². The van der Waals surface area contributed by atoms with Gasteiger partial charge in [0.1, 0.15) is 17.3 Å². The van der Waals surface area contributed by atoms with E-state index in [-0.39, 0.29) is 11.7 Å². The van der Waals surface area contributed by atoms with Gasteiger partial charge in [-0.15, -0.1) is 0 Å². The number of aromatic nitrogens is 1. The van der Waals surface area contributed by atoms with E-state index in [0.29, 0.717) is 36.5 Å². The van der Waals surface area contributed by atoms with Crippen LogP contribution in [0.5, 0.6) is 0 Å². The van der Waals surface area contributed by atoms with E-state index < -0.39 is 0 Å². The molecule has 0 aliphatic heterocycles. The molecular formula is C19H17FN2O2. The summed E-state index contributed by atoms with van der Waals surface area (Å²) in [5, 5.41) is 2.81. The number of rotatable bonds is 6. The maximum absolute atomic E-state index is 13.7. The summed E-state index contributed by atoms with van der Waals surface area (Å²) in [5.41, 5.74) is 1.23. The Morgan fingerprint density at radius 2 is 1.92 bits per heavy atom. The van der Waals surface area contributed by atoms with E-state index >= 15 is 0 Å². The lowest BCUT2D eigenvalue weighted by Gasteiger charge is -2.04. The fourth-order valence-electron chi connectivity index (χ4n) is 2.34. The number of aryl methyl sites for hydroxylation is 1. The number of benzene rings is 1. The second kappa shape index (κ2) is 7.55. The summed E-state index contributed by atoms with van der Waals surface area (Å²) in [6.45, 7) is 0.401. The van der Waals surface area contributed by atoms with Gasteiger partial charge in [-0.25, -0.2) is 4.39 Å². The monoisotopic (exact) mass is 324 g/mol. The Morgan fingerprint density at radius 1 is 1.08 bits per heavy atom. The first-order valence-corrected chi connectivity index (χ1v) is 7.72. The zero-order valence-electron chi connectivity index (χ0n) is 13.0. The van der Waals surface area contributed by atoms with Crippen molar-refractivity contribution in [3.05, 3.63) is 78.1 Å². The molecule has 24 heavy (non-hydrogen) atoms. The lowest BCUT2D eigenvalue weighted by Crippen LogP contribution is -2.23. The first kappa shape index (κ1) is 15.9. The van der Waals surface area contributed by atoms with Gasteiger partial charge in [0.15, 0.2) is 0 Å². The van der Waals surface area contributed by atoms with Gasteiger partial charge in [-0.2, -0.15) is 0 Å². The number of nitrogens with zero attached hydrogens (tertiary/aromatic N) is 1. The van der Waals surface area contributed by atoms with Crippen molar-refractivity contribution in [3.63, 3.8) is 0 Å². The van der Waals surface area contributed by atoms with Gasteiger partial charge in [0.05, 0.1) is 17.8 Å². The van der Waals surface area contributed by atoms with Crippen LogP contribution in [0.1, 0.15) is 17.9 Å². The molecule has 0 unspecified atom stereocenters. The molecule has 3 aromatic rings. The van der Waals surface area contributed by atoms with E-state index in [9.17, 15) is 9.18 Å². The minimum atomic E-state index is -0.327. The van der Waals surface area contributed by atoms with Gasteiger partial charge in [0.2, 0.25) is 5.91 Å². The number of furan rings is 1. The van der Waals surface area contributed by atoms with Crippen LogP contribution in [0.4, 0.5) is 4.39 Å². The number of carbonyl (C=O) groups is 1. The minimum absolute atomic E-state index is 0.0792. The van der Waals surface area contributed by atoms with Gasteiger partial charge >= 0.3 is 0 Å². The summed E-state index contributed by atoms with van der Waals surface area (Å²) in [6.07, 6.45) is 2.45. The summed E-state index contributed by atoms with van der Waals surface area (Å²) in [7, 11) is 0. The van der Waals surface area contributed by atoms with Crippen LogP contribution in [0.15, 0.2) is 65.2 Å². The molecule has 0 radical (unpaired) electrons. The average Bonchev–Trinajstić information content (AvgIpc) is 3.08. The smallest absolute Gasteiger partial charge is 0.220 e. The van der Waals surface area contributed by atoms with Crippen molar-refractivity contribution in [2.75, 3.05) is 0 Å². The van der Waals surface area contributed by atoms with Crippen molar-refractivity contribution in [1.82, 2.24) is 10.3 Å². The highest BCUT2D eigenvalue weighted by Crippen LogP contribution is 2.25. The molecular weight excluding hydrogens is 307 g/mol. The molecule has 1 amide bonds. The number of pyridine rings is 1. The SMILES string of the molecule is O=C(CCc1ccc(-c2ccccc2F)o1)NCc1ccccn1. The fraction of sp³-hybridized carbons (Fsp3) is 0.158. The number of nitrogens with one attached hydrogen (secondary N) is 1. The number of hydrogen-bond donors (Lipinski definition) is 1. The molecule has 0 atom stereocenters. The summed E-state index contributed by atoms with van der Waals surface area (Å²) in [5.74, 6) is 0.717. The summed E-state index contributed by atoms with van der Waals surface area (Å²) < 4.78 is 19.4. The minimum Gasteiger partial charge on any atom is -0.461 e. The Labute approximate surface area is 139 Å². The molecule has 0 saturated heterocycles. The van der Waals surface area contributed by atoms with Crippen molar-refractivity contribution >= 4 is 5.91 Å². The highest BCUT2D eigenvalue weighted by Gasteiger charge is 2.10. The Morgan fingerprint density at radius 3 is 2.71 bits per heavy atom. The van der Waals surface area contributed by atoms with Crippen LogP contribution in [0.3, 0.4) is 0 Å². The maximum atomic E-state index is 13.7. The molecule has 122 valence electrons. The highest BCUT2D eigenvalue weighted by atomic mass is 19.1. The van der Waals surface area contributed by atoms with Crippen molar-refractivity contribution in [3.8, 4) is 11.3 Å².